The quantitative estimate of drug-likeness (QED) is 0.809. The summed E-state index contributed by atoms with van der Waals surface area (Å²) in [6.45, 7) is 5.16. The molecule has 0 aliphatic carbocycles. The van der Waals surface area contributed by atoms with Gasteiger partial charge in [-0.05, 0) is 62.4 Å². The van der Waals surface area contributed by atoms with Crippen molar-refractivity contribution in [3.8, 4) is 5.75 Å². The van der Waals surface area contributed by atoms with E-state index in [2.05, 4.69) is 17.6 Å². The fourth-order valence-electron chi connectivity index (χ4n) is 2.61. The highest BCUT2D eigenvalue weighted by molar-refractivity contribution is 5.77. The van der Waals surface area contributed by atoms with E-state index >= 15 is 0 Å². The summed E-state index contributed by atoms with van der Waals surface area (Å²) in [7, 11) is 0. The molecule has 1 aliphatic rings. The molecular formula is C17H26N2O2. The lowest BCUT2D eigenvalue weighted by molar-refractivity contribution is -0.123. The molecule has 1 aromatic carbocycles. The summed E-state index contributed by atoms with van der Waals surface area (Å²) < 4.78 is 5.49. The van der Waals surface area contributed by atoms with Gasteiger partial charge in [0, 0.05) is 6.54 Å². The van der Waals surface area contributed by atoms with Gasteiger partial charge in [0.1, 0.15) is 5.75 Å². The van der Waals surface area contributed by atoms with Crippen LogP contribution >= 0.6 is 0 Å². The van der Waals surface area contributed by atoms with Crippen molar-refractivity contribution >= 4 is 5.91 Å². The Kier molecular flexibility index (Phi) is 6.54. The average Bonchev–Trinajstić information content (AvgIpc) is 2.54. The van der Waals surface area contributed by atoms with Gasteiger partial charge in [-0.2, -0.15) is 0 Å². The number of benzene rings is 1. The van der Waals surface area contributed by atoms with E-state index in [4.69, 9.17) is 4.74 Å². The summed E-state index contributed by atoms with van der Waals surface area (Å²) >= 11 is 0. The number of amides is 1. The summed E-state index contributed by atoms with van der Waals surface area (Å²) in [6.07, 6.45) is 4.57. The molecule has 0 spiro atoms. The molecular weight excluding hydrogens is 264 g/mol. The summed E-state index contributed by atoms with van der Waals surface area (Å²) in [5, 5.41) is 6.32. The standard InChI is InChI=1S/C17H26N2O2/c1-2-14-5-7-16(8-6-14)21-13-17(20)19-11-9-15-4-3-10-18-12-15/h5-8,15,18H,2-4,9-13H2,1H3,(H,19,20). The zero-order valence-electron chi connectivity index (χ0n) is 12.9. The highest BCUT2D eigenvalue weighted by Crippen LogP contribution is 2.13. The second-order valence-electron chi connectivity index (χ2n) is 5.64. The van der Waals surface area contributed by atoms with Crippen LogP contribution in [0.4, 0.5) is 0 Å². The molecule has 1 saturated heterocycles. The van der Waals surface area contributed by atoms with Gasteiger partial charge in [0.2, 0.25) is 0 Å². The van der Waals surface area contributed by atoms with Crippen molar-refractivity contribution in [1.82, 2.24) is 10.6 Å². The molecule has 116 valence electrons. The van der Waals surface area contributed by atoms with Crippen LogP contribution in [0.25, 0.3) is 0 Å². The van der Waals surface area contributed by atoms with E-state index in [0.29, 0.717) is 5.92 Å². The largest absolute Gasteiger partial charge is 0.484 e. The molecule has 0 aromatic heterocycles. The summed E-state index contributed by atoms with van der Waals surface area (Å²) in [5.74, 6) is 1.40. The molecule has 0 saturated carbocycles. The van der Waals surface area contributed by atoms with Crippen LogP contribution < -0.4 is 15.4 Å². The number of aryl methyl sites for hydroxylation is 1. The van der Waals surface area contributed by atoms with Crippen LogP contribution in [-0.2, 0) is 11.2 Å². The van der Waals surface area contributed by atoms with Crippen LogP contribution in [0.2, 0.25) is 0 Å². The Labute approximate surface area is 127 Å². The van der Waals surface area contributed by atoms with Crippen LogP contribution in [-0.4, -0.2) is 32.1 Å². The molecule has 1 unspecified atom stereocenters. The van der Waals surface area contributed by atoms with Gasteiger partial charge in [-0.3, -0.25) is 4.79 Å². The third-order valence-corrected chi connectivity index (χ3v) is 3.98. The molecule has 0 radical (unpaired) electrons. The van der Waals surface area contributed by atoms with Crippen molar-refractivity contribution in [1.29, 1.82) is 0 Å². The van der Waals surface area contributed by atoms with Crippen LogP contribution in [0.5, 0.6) is 5.75 Å². The number of piperidine rings is 1. The maximum atomic E-state index is 11.7. The Morgan fingerprint density at radius 2 is 2.19 bits per heavy atom. The number of ether oxygens (including phenoxy) is 1. The lowest BCUT2D eigenvalue weighted by Gasteiger charge is -2.22. The maximum absolute atomic E-state index is 11.7. The molecule has 1 fully saturated rings. The minimum absolute atomic E-state index is 0.0432. The van der Waals surface area contributed by atoms with Gasteiger partial charge in [-0.1, -0.05) is 19.1 Å². The maximum Gasteiger partial charge on any atom is 0.257 e. The summed E-state index contributed by atoms with van der Waals surface area (Å²) in [5.41, 5.74) is 1.27. The van der Waals surface area contributed by atoms with Crippen molar-refractivity contribution in [3.63, 3.8) is 0 Å². The normalized spacial score (nSPS) is 18.2. The third-order valence-electron chi connectivity index (χ3n) is 3.98. The van der Waals surface area contributed by atoms with Crippen molar-refractivity contribution in [2.75, 3.05) is 26.2 Å². The number of carbonyl (C=O) groups is 1. The Balaban J connectivity index is 1.60. The van der Waals surface area contributed by atoms with E-state index in [1.54, 1.807) is 0 Å². The molecule has 1 amide bonds. The van der Waals surface area contributed by atoms with E-state index in [0.717, 1.165) is 38.2 Å². The molecule has 1 atom stereocenters. The zero-order valence-corrected chi connectivity index (χ0v) is 12.9. The van der Waals surface area contributed by atoms with Gasteiger partial charge in [0.25, 0.3) is 5.91 Å². The first-order valence-corrected chi connectivity index (χ1v) is 7.97. The van der Waals surface area contributed by atoms with E-state index in [1.165, 1.54) is 18.4 Å². The van der Waals surface area contributed by atoms with Gasteiger partial charge in [0.05, 0.1) is 0 Å². The Bertz CT molecular complexity index is 425. The summed E-state index contributed by atoms with van der Waals surface area (Å²) in [6, 6.07) is 7.90. The second-order valence-corrected chi connectivity index (χ2v) is 5.64. The second kappa shape index (κ2) is 8.67. The number of nitrogens with one attached hydrogen (secondary N) is 2. The first kappa shape index (κ1) is 15.8. The molecule has 21 heavy (non-hydrogen) atoms. The van der Waals surface area contributed by atoms with E-state index in [1.807, 2.05) is 24.3 Å². The molecule has 2 rings (SSSR count). The molecule has 1 aliphatic heterocycles. The van der Waals surface area contributed by atoms with Gasteiger partial charge in [-0.15, -0.1) is 0 Å². The highest BCUT2D eigenvalue weighted by atomic mass is 16.5. The lowest BCUT2D eigenvalue weighted by atomic mass is 9.96. The summed E-state index contributed by atoms with van der Waals surface area (Å²) in [4.78, 5) is 11.7. The minimum Gasteiger partial charge on any atom is -0.484 e. The molecule has 1 heterocycles. The van der Waals surface area contributed by atoms with Gasteiger partial charge >= 0.3 is 0 Å². The molecule has 2 N–H and O–H groups in total. The van der Waals surface area contributed by atoms with E-state index in [-0.39, 0.29) is 12.5 Å². The lowest BCUT2D eigenvalue weighted by Crippen LogP contribution is -2.34. The smallest absolute Gasteiger partial charge is 0.257 e. The fraction of sp³-hybridized carbons (Fsp3) is 0.588. The topological polar surface area (TPSA) is 50.4 Å². The number of rotatable bonds is 7. The molecule has 4 nitrogen and oxygen atoms in total. The van der Waals surface area contributed by atoms with Gasteiger partial charge in [-0.25, -0.2) is 0 Å². The van der Waals surface area contributed by atoms with Crippen LogP contribution in [0.1, 0.15) is 31.7 Å². The van der Waals surface area contributed by atoms with Crippen molar-refractivity contribution < 1.29 is 9.53 Å². The van der Waals surface area contributed by atoms with E-state index in [9.17, 15) is 4.79 Å². The van der Waals surface area contributed by atoms with Gasteiger partial charge < -0.3 is 15.4 Å². The van der Waals surface area contributed by atoms with E-state index < -0.39 is 0 Å². The fourth-order valence-corrected chi connectivity index (χ4v) is 2.61. The Morgan fingerprint density at radius 3 is 2.86 bits per heavy atom. The highest BCUT2D eigenvalue weighted by Gasteiger charge is 2.12. The Hall–Kier alpha value is -1.55. The first-order valence-electron chi connectivity index (χ1n) is 7.97. The van der Waals surface area contributed by atoms with Crippen molar-refractivity contribution in [3.05, 3.63) is 29.8 Å². The van der Waals surface area contributed by atoms with Gasteiger partial charge in [0.15, 0.2) is 6.61 Å². The van der Waals surface area contributed by atoms with Crippen molar-refractivity contribution in [2.45, 2.75) is 32.6 Å². The number of hydrogen-bond donors (Lipinski definition) is 2. The Morgan fingerprint density at radius 1 is 1.38 bits per heavy atom. The van der Waals surface area contributed by atoms with Crippen molar-refractivity contribution in [2.24, 2.45) is 5.92 Å². The van der Waals surface area contributed by atoms with Crippen LogP contribution in [0.3, 0.4) is 0 Å². The predicted octanol–water partition coefficient (Wildman–Crippen LogP) is 2.13. The van der Waals surface area contributed by atoms with Crippen LogP contribution in [0.15, 0.2) is 24.3 Å². The monoisotopic (exact) mass is 290 g/mol. The predicted molar refractivity (Wildman–Crippen MR) is 84.5 cm³/mol. The first-order chi connectivity index (χ1) is 10.3. The SMILES string of the molecule is CCc1ccc(OCC(=O)NCCC2CCCNC2)cc1. The average molecular weight is 290 g/mol. The molecule has 1 aromatic rings. The molecule has 0 bridgehead atoms. The van der Waals surface area contributed by atoms with Crippen LogP contribution in [0, 0.1) is 5.92 Å². The zero-order chi connectivity index (χ0) is 14.9. The molecule has 4 heteroatoms. The minimum atomic E-state index is -0.0432. The third kappa shape index (κ3) is 5.76. The number of carbonyl (C=O) groups excluding carboxylic acids is 1. The number of hydrogen-bond acceptors (Lipinski definition) is 3.